The Morgan fingerprint density at radius 1 is 0.870 bits per heavy atom. The summed E-state index contributed by atoms with van der Waals surface area (Å²) in [5.74, 6) is -0.0258. The van der Waals surface area contributed by atoms with E-state index in [0.29, 0.717) is 11.0 Å². The van der Waals surface area contributed by atoms with Crippen LogP contribution in [-0.4, -0.2) is 82.8 Å². The van der Waals surface area contributed by atoms with E-state index in [-0.39, 0.29) is 5.82 Å². The summed E-state index contributed by atoms with van der Waals surface area (Å²) in [5.41, 5.74) is 1.15. The van der Waals surface area contributed by atoms with Crippen LogP contribution in [-0.2, 0) is 0 Å². The largest absolute Gasteiger partial charge is 0.394 e. The Kier molecular flexibility index (Phi) is 5.65. The summed E-state index contributed by atoms with van der Waals surface area (Å²) in [6, 6.07) is 6.87. The number of benzene rings is 1. The first-order valence-electron chi connectivity index (χ1n) is 7.00. The maximum absolute atomic E-state index is 10.1. The molecule has 0 saturated carbocycles. The van der Waals surface area contributed by atoms with Crippen LogP contribution in [0.15, 0.2) is 24.3 Å². The lowest BCUT2D eigenvalue weighted by atomic mass is 9.96. The highest BCUT2D eigenvalue weighted by molar-refractivity contribution is 5.74. The number of nitrogens with zero attached hydrogens (tertiary/aromatic N) is 1. The lowest BCUT2D eigenvalue weighted by molar-refractivity contribution is -0.159. The first-order chi connectivity index (χ1) is 10.9. The second-order valence-corrected chi connectivity index (χ2v) is 5.30. The maximum atomic E-state index is 10.1. The maximum Gasteiger partial charge on any atom is 0.140 e. The van der Waals surface area contributed by atoms with Crippen molar-refractivity contribution in [3.8, 4) is 0 Å². The molecule has 0 fully saturated rings. The third-order valence-corrected chi connectivity index (χ3v) is 3.64. The highest BCUT2D eigenvalue weighted by Crippen LogP contribution is 2.22. The van der Waals surface area contributed by atoms with Crippen LogP contribution in [0.3, 0.4) is 0 Å². The quantitative estimate of drug-likeness (QED) is 0.273. The van der Waals surface area contributed by atoms with Crippen LogP contribution in [0.25, 0.3) is 11.0 Å². The highest BCUT2D eigenvalue weighted by atomic mass is 16.4. The van der Waals surface area contributed by atoms with E-state index in [0.717, 1.165) is 0 Å². The number of imidazole rings is 1. The highest BCUT2D eigenvalue weighted by Gasteiger charge is 2.38. The van der Waals surface area contributed by atoms with Crippen LogP contribution in [0, 0.1) is 0 Å². The van der Waals surface area contributed by atoms with Gasteiger partial charge >= 0.3 is 0 Å². The number of rotatable bonds is 7. The second kappa shape index (κ2) is 7.32. The zero-order valence-electron chi connectivity index (χ0n) is 12.1. The Balaban J connectivity index is 2.13. The first kappa shape index (κ1) is 17.8. The summed E-state index contributed by atoms with van der Waals surface area (Å²) < 4.78 is 0. The van der Waals surface area contributed by atoms with Crippen molar-refractivity contribution in [2.75, 3.05) is 6.61 Å². The van der Waals surface area contributed by atoms with Crippen molar-refractivity contribution in [1.29, 1.82) is 0 Å². The van der Waals surface area contributed by atoms with Gasteiger partial charge in [-0.05, 0) is 12.1 Å². The molecule has 0 aliphatic rings. The van der Waals surface area contributed by atoms with Crippen LogP contribution >= 0.6 is 0 Å². The minimum Gasteiger partial charge on any atom is -0.394 e. The summed E-state index contributed by atoms with van der Waals surface area (Å²) in [4.78, 5) is 6.83. The standard InChI is InChI=1S/C14H20N2O7/c17-5-8(18)9(19)10(20)11(21)12(22)13(23)14-15-6-3-1-2-4-7(6)16-14/h1-4,8-13,17-23H,5H2,(H,15,16)/t8-,9-,10-,11-,12-,13-/m1/s1. The van der Waals surface area contributed by atoms with Gasteiger partial charge in [0.1, 0.15) is 42.4 Å². The van der Waals surface area contributed by atoms with Gasteiger partial charge in [0.25, 0.3) is 0 Å². The van der Waals surface area contributed by atoms with Crippen LogP contribution in [0.4, 0.5) is 0 Å². The molecule has 6 atom stereocenters. The number of hydrogen-bond donors (Lipinski definition) is 8. The fourth-order valence-corrected chi connectivity index (χ4v) is 2.20. The summed E-state index contributed by atoms with van der Waals surface area (Å²) in [7, 11) is 0. The molecular weight excluding hydrogens is 308 g/mol. The molecule has 0 amide bonds. The number of aromatic nitrogens is 2. The molecule has 2 rings (SSSR count). The topological polar surface area (TPSA) is 170 Å². The third-order valence-electron chi connectivity index (χ3n) is 3.64. The monoisotopic (exact) mass is 328 g/mol. The summed E-state index contributed by atoms with van der Waals surface area (Å²) in [6.45, 7) is -0.840. The Morgan fingerprint density at radius 2 is 1.48 bits per heavy atom. The molecule has 0 aliphatic carbocycles. The smallest absolute Gasteiger partial charge is 0.140 e. The van der Waals surface area contributed by atoms with Crippen molar-refractivity contribution in [2.24, 2.45) is 0 Å². The van der Waals surface area contributed by atoms with Crippen molar-refractivity contribution >= 4 is 11.0 Å². The van der Waals surface area contributed by atoms with E-state index in [2.05, 4.69) is 9.97 Å². The van der Waals surface area contributed by atoms with Gasteiger partial charge in [0.05, 0.1) is 17.6 Å². The molecule has 1 aromatic carbocycles. The molecule has 0 saturated heterocycles. The second-order valence-electron chi connectivity index (χ2n) is 5.30. The van der Waals surface area contributed by atoms with Crippen molar-refractivity contribution in [3.05, 3.63) is 30.1 Å². The van der Waals surface area contributed by atoms with Crippen molar-refractivity contribution in [1.82, 2.24) is 9.97 Å². The Labute approximate surface area is 131 Å². The molecule has 8 N–H and O–H groups in total. The number of para-hydroxylation sites is 2. The number of fused-ring (bicyclic) bond motifs is 1. The Bertz CT molecular complexity index is 601. The number of nitrogens with one attached hydrogen (secondary N) is 1. The molecule has 0 aliphatic heterocycles. The lowest BCUT2D eigenvalue weighted by Crippen LogP contribution is -2.51. The third kappa shape index (κ3) is 3.67. The summed E-state index contributed by atoms with van der Waals surface area (Å²) in [5, 5.41) is 67.1. The van der Waals surface area contributed by atoms with Crippen LogP contribution in [0.1, 0.15) is 11.9 Å². The summed E-state index contributed by atoms with van der Waals surface area (Å²) >= 11 is 0. The van der Waals surface area contributed by atoms with Crippen molar-refractivity contribution in [3.63, 3.8) is 0 Å². The van der Waals surface area contributed by atoms with Gasteiger partial charge in [0, 0.05) is 0 Å². The summed E-state index contributed by atoms with van der Waals surface area (Å²) in [6.07, 6.45) is -11.1. The molecule has 9 heteroatoms. The zero-order valence-corrected chi connectivity index (χ0v) is 12.1. The van der Waals surface area contributed by atoms with Crippen LogP contribution in [0.5, 0.6) is 0 Å². The van der Waals surface area contributed by atoms with E-state index in [1.54, 1.807) is 24.3 Å². The molecule has 23 heavy (non-hydrogen) atoms. The number of aromatic amines is 1. The molecular formula is C14H20N2O7. The van der Waals surface area contributed by atoms with Gasteiger partial charge in [-0.1, -0.05) is 12.1 Å². The van der Waals surface area contributed by atoms with Crippen LogP contribution in [0.2, 0.25) is 0 Å². The zero-order chi connectivity index (χ0) is 17.1. The molecule has 0 unspecified atom stereocenters. The number of H-pyrrole nitrogens is 1. The van der Waals surface area contributed by atoms with Crippen molar-refractivity contribution in [2.45, 2.75) is 36.6 Å². The fraction of sp³-hybridized carbons (Fsp3) is 0.500. The van der Waals surface area contributed by atoms with Gasteiger partial charge in [-0.3, -0.25) is 0 Å². The SMILES string of the molecule is OC[C@@H](O)[C@@H](O)[C@@H](O)[C@@H](O)[C@@H](O)[C@@H](O)c1nc2ccccc2[nH]1. The first-order valence-corrected chi connectivity index (χ1v) is 7.00. The Morgan fingerprint density at radius 3 is 2.09 bits per heavy atom. The molecule has 9 nitrogen and oxygen atoms in total. The number of aliphatic hydroxyl groups is 7. The van der Waals surface area contributed by atoms with Gasteiger partial charge < -0.3 is 40.7 Å². The molecule has 0 bridgehead atoms. The van der Waals surface area contributed by atoms with Gasteiger partial charge in [0.15, 0.2) is 0 Å². The minimum absolute atomic E-state index is 0.0258. The number of hydrogen-bond acceptors (Lipinski definition) is 8. The average Bonchev–Trinajstić information content (AvgIpc) is 3.01. The minimum atomic E-state index is -1.98. The molecule has 1 aromatic heterocycles. The van der Waals surface area contributed by atoms with E-state index < -0.39 is 43.2 Å². The molecule has 0 spiro atoms. The van der Waals surface area contributed by atoms with Gasteiger partial charge in [0.2, 0.25) is 0 Å². The normalized spacial score (nSPS) is 20.0. The average molecular weight is 328 g/mol. The van der Waals surface area contributed by atoms with E-state index in [4.69, 9.17) is 5.11 Å². The number of aliphatic hydroxyl groups excluding tert-OH is 7. The molecule has 1 heterocycles. The van der Waals surface area contributed by atoms with Gasteiger partial charge in [-0.25, -0.2) is 4.98 Å². The molecule has 0 radical (unpaired) electrons. The van der Waals surface area contributed by atoms with Crippen molar-refractivity contribution < 1.29 is 35.7 Å². The lowest BCUT2D eigenvalue weighted by Gasteiger charge is -2.29. The van der Waals surface area contributed by atoms with Gasteiger partial charge in [-0.15, -0.1) is 0 Å². The van der Waals surface area contributed by atoms with E-state index in [1.807, 2.05) is 0 Å². The predicted octanol–water partition coefficient (Wildman–Crippen LogP) is -2.61. The van der Waals surface area contributed by atoms with E-state index in [9.17, 15) is 30.6 Å². The van der Waals surface area contributed by atoms with E-state index >= 15 is 0 Å². The van der Waals surface area contributed by atoms with Crippen LogP contribution < -0.4 is 0 Å². The fourth-order valence-electron chi connectivity index (χ4n) is 2.20. The molecule has 128 valence electrons. The predicted molar refractivity (Wildman–Crippen MR) is 78.2 cm³/mol. The Hall–Kier alpha value is -1.59. The van der Waals surface area contributed by atoms with Gasteiger partial charge in [-0.2, -0.15) is 0 Å². The van der Waals surface area contributed by atoms with E-state index in [1.165, 1.54) is 0 Å². The molecule has 2 aromatic rings.